The molecule has 0 aliphatic carbocycles. The summed E-state index contributed by atoms with van der Waals surface area (Å²) in [6.07, 6.45) is 1.70. The number of carbonyl (C=O) groups excluding carboxylic acids is 2. The van der Waals surface area contributed by atoms with Gasteiger partial charge >= 0.3 is 5.97 Å². The van der Waals surface area contributed by atoms with Crippen LogP contribution in [-0.4, -0.2) is 45.2 Å². The number of tetrazole rings is 1. The molecule has 1 atom stereocenters. The van der Waals surface area contributed by atoms with E-state index in [1.54, 1.807) is 18.2 Å². The first kappa shape index (κ1) is 18.5. The topological polar surface area (TPSA) is 99.0 Å². The highest BCUT2D eigenvalue weighted by Crippen LogP contribution is 2.20. The molecule has 8 nitrogen and oxygen atoms in total. The average molecular weight is 386 g/mol. The molecule has 0 spiro atoms. The number of benzene rings is 2. The summed E-state index contributed by atoms with van der Waals surface area (Å²) in [7, 11) is 1.28. The van der Waals surface area contributed by atoms with Gasteiger partial charge in [0.2, 0.25) is 0 Å². The standard InChI is InChI=1S/C18H16ClN5O3/c1-27-18(26)16(9-12-5-3-2-4-6-12)21-17(25)14-10-13(7-8-15(14)19)24-11-20-22-23-24/h2-8,10-11,16H,9H2,1H3,(H,21,25)/t16-/m0/s1. The van der Waals surface area contributed by atoms with Crippen LogP contribution >= 0.6 is 11.6 Å². The van der Waals surface area contributed by atoms with Crippen molar-refractivity contribution in [3.63, 3.8) is 0 Å². The third-order valence-corrected chi connectivity index (χ3v) is 4.21. The maximum Gasteiger partial charge on any atom is 0.328 e. The van der Waals surface area contributed by atoms with Crippen molar-refractivity contribution < 1.29 is 14.3 Å². The number of rotatable bonds is 6. The Kier molecular flexibility index (Phi) is 5.77. The molecule has 3 rings (SSSR count). The van der Waals surface area contributed by atoms with Gasteiger partial charge in [-0.3, -0.25) is 4.79 Å². The zero-order valence-corrected chi connectivity index (χ0v) is 15.1. The highest BCUT2D eigenvalue weighted by atomic mass is 35.5. The lowest BCUT2D eigenvalue weighted by Crippen LogP contribution is -2.43. The molecule has 1 aromatic heterocycles. The van der Waals surface area contributed by atoms with E-state index in [4.69, 9.17) is 16.3 Å². The molecule has 138 valence electrons. The van der Waals surface area contributed by atoms with Crippen molar-refractivity contribution in [1.82, 2.24) is 25.5 Å². The van der Waals surface area contributed by atoms with E-state index in [-0.39, 0.29) is 10.6 Å². The highest BCUT2D eigenvalue weighted by Gasteiger charge is 2.24. The molecular weight excluding hydrogens is 370 g/mol. The van der Waals surface area contributed by atoms with Gasteiger partial charge in [-0.15, -0.1) is 5.10 Å². The number of hydrogen-bond donors (Lipinski definition) is 1. The minimum atomic E-state index is -0.849. The van der Waals surface area contributed by atoms with E-state index < -0.39 is 17.9 Å². The SMILES string of the molecule is COC(=O)[C@H](Cc1ccccc1)NC(=O)c1cc(-n2cnnn2)ccc1Cl. The summed E-state index contributed by atoms with van der Waals surface area (Å²) in [4.78, 5) is 24.9. The molecule has 0 aliphatic rings. The zero-order chi connectivity index (χ0) is 19.2. The van der Waals surface area contributed by atoms with Crippen LogP contribution in [0.1, 0.15) is 15.9 Å². The molecule has 0 radical (unpaired) electrons. The van der Waals surface area contributed by atoms with Crippen LogP contribution in [0, 0.1) is 0 Å². The summed E-state index contributed by atoms with van der Waals surface area (Å²) in [5.41, 5.74) is 1.65. The lowest BCUT2D eigenvalue weighted by atomic mass is 10.1. The number of ether oxygens (including phenoxy) is 1. The second-order valence-electron chi connectivity index (χ2n) is 5.66. The summed E-state index contributed by atoms with van der Waals surface area (Å²) in [5.74, 6) is -1.04. The quantitative estimate of drug-likeness (QED) is 0.650. The molecule has 1 N–H and O–H groups in total. The normalized spacial score (nSPS) is 11.6. The van der Waals surface area contributed by atoms with Crippen molar-refractivity contribution in [1.29, 1.82) is 0 Å². The Morgan fingerprint density at radius 1 is 1.22 bits per heavy atom. The number of amides is 1. The Hall–Kier alpha value is -3.26. The Morgan fingerprint density at radius 2 is 2.00 bits per heavy atom. The van der Waals surface area contributed by atoms with Crippen LogP contribution in [0.2, 0.25) is 5.02 Å². The first-order chi connectivity index (χ1) is 13.1. The fraction of sp³-hybridized carbons (Fsp3) is 0.167. The van der Waals surface area contributed by atoms with Crippen molar-refractivity contribution in [2.45, 2.75) is 12.5 Å². The van der Waals surface area contributed by atoms with Crippen LogP contribution < -0.4 is 5.32 Å². The van der Waals surface area contributed by atoms with Gasteiger partial charge in [-0.2, -0.15) is 0 Å². The smallest absolute Gasteiger partial charge is 0.328 e. The minimum absolute atomic E-state index is 0.201. The number of methoxy groups -OCH3 is 1. The van der Waals surface area contributed by atoms with Gasteiger partial charge in [0.25, 0.3) is 5.91 Å². The summed E-state index contributed by atoms with van der Waals surface area (Å²) >= 11 is 6.17. The van der Waals surface area contributed by atoms with Gasteiger partial charge in [0.1, 0.15) is 12.4 Å². The van der Waals surface area contributed by atoms with Gasteiger partial charge in [0, 0.05) is 6.42 Å². The summed E-state index contributed by atoms with van der Waals surface area (Å²) in [5, 5.41) is 13.8. The molecule has 1 amide bonds. The monoisotopic (exact) mass is 385 g/mol. The first-order valence-electron chi connectivity index (χ1n) is 8.04. The van der Waals surface area contributed by atoms with Crippen molar-refractivity contribution in [2.24, 2.45) is 0 Å². The highest BCUT2D eigenvalue weighted by molar-refractivity contribution is 6.34. The Labute approximate surface area is 160 Å². The van der Waals surface area contributed by atoms with Gasteiger partial charge in [0.15, 0.2) is 0 Å². The molecule has 0 unspecified atom stereocenters. The molecule has 0 saturated carbocycles. The van der Waals surface area contributed by atoms with E-state index in [1.807, 2.05) is 30.3 Å². The van der Waals surface area contributed by atoms with Crippen LogP contribution in [0.5, 0.6) is 0 Å². The molecule has 0 fully saturated rings. The maximum absolute atomic E-state index is 12.7. The Balaban J connectivity index is 1.83. The van der Waals surface area contributed by atoms with Gasteiger partial charge in [-0.25, -0.2) is 9.48 Å². The third kappa shape index (κ3) is 4.48. The van der Waals surface area contributed by atoms with Crippen LogP contribution in [0.25, 0.3) is 5.69 Å². The number of hydrogen-bond acceptors (Lipinski definition) is 6. The largest absolute Gasteiger partial charge is 0.467 e. The minimum Gasteiger partial charge on any atom is -0.467 e. The van der Waals surface area contributed by atoms with Crippen LogP contribution in [0.3, 0.4) is 0 Å². The molecule has 2 aromatic carbocycles. The Morgan fingerprint density at radius 3 is 2.67 bits per heavy atom. The van der Waals surface area contributed by atoms with E-state index in [9.17, 15) is 9.59 Å². The van der Waals surface area contributed by atoms with Crippen molar-refractivity contribution in [2.75, 3.05) is 7.11 Å². The van der Waals surface area contributed by atoms with E-state index >= 15 is 0 Å². The molecule has 27 heavy (non-hydrogen) atoms. The van der Waals surface area contributed by atoms with Gasteiger partial charge in [-0.1, -0.05) is 41.9 Å². The van der Waals surface area contributed by atoms with Crippen LogP contribution in [0.15, 0.2) is 54.9 Å². The average Bonchev–Trinajstić information content (AvgIpc) is 3.22. The zero-order valence-electron chi connectivity index (χ0n) is 14.4. The van der Waals surface area contributed by atoms with Gasteiger partial charge < -0.3 is 10.1 Å². The van der Waals surface area contributed by atoms with E-state index in [0.29, 0.717) is 12.1 Å². The van der Waals surface area contributed by atoms with Gasteiger partial charge in [0.05, 0.1) is 23.4 Å². The second kappa shape index (κ2) is 8.41. The number of nitrogens with one attached hydrogen (secondary N) is 1. The van der Waals surface area contributed by atoms with Crippen molar-refractivity contribution in [3.05, 3.63) is 71.0 Å². The molecule has 3 aromatic rings. The number of aromatic nitrogens is 4. The number of nitrogens with zero attached hydrogens (tertiary/aromatic N) is 4. The molecular formula is C18H16ClN5O3. The van der Waals surface area contributed by atoms with E-state index in [0.717, 1.165) is 5.56 Å². The fourth-order valence-corrected chi connectivity index (χ4v) is 2.73. The van der Waals surface area contributed by atoms with Crippen molar-refractivity contribution >= 4 is 23.5 Å². The van der Waals surface area contributed by atoms with Crippen LogP contribution in [0.4, 0.5) is 0 Å². The molecule has 0 bridgehead atoms. The third-order valence-electron chi connectivity index (χ3n) is 3.88. The molecule has 1 heterocycles. The van der Waals surface area contributed by atoms with E-state index in [1.165, 1.54) is 18.1 Å². The lowest BCUT2D eigenvalue weighted by Gasteiger charge is -2.17. The number of esters is 1. The molecule has 9 heteroatoms. The summed E-state index contributed by atoms with van der Waals surface area (Å²) in [6.45, 7) is 0. The maximum atomic E-state index is 12.7. The Bertz CT molecular complexity index is 931. The lowest BCUT2D eigenvalue weighted by molar-refractivity contribution is -0.142. The molecule has 0 aliphatic heterocycles. The predicted octanol–water partition coefficient (Wildman–Crippen LogP) is 1.83. The molecule has 0 saturated heterocycles. The van der Waals surface area contributed by atoms with Crippen molar-refractivity contribution in [3.8, 4) is 5.69 Å². The second-order valence-corrected chi connectivity index (χ2v) is 6.06. The fourth-order valence-electron chi connectivity index (χ4n) is 2.53. The summed E-state index contributed by atoms with van der Waals surface area (Å²) < 4.78 is 6.21. The summed E-state index contributed by atoms with van der Waals surface area (Å²) in [6, 6.07) is 13.3. The predicted molar refractivity (Wildman–Crippen MR) is 97.6 cm³/mol. The van der Waals surface area contributed by atoms with Crippen LogP contribution in [-0.2, 0) is 16.0 Å². The first-order valence-corrected chi connectivity index (χ1v) is 8.42. The number of halogens is 1. The van der Waals surface area contributed by atoms with E-state index in [2.05, 4.69) is 20.8 Å². The number of carbonyl (C=O) groups is 2. The van der Waals surface area contributed by atoms with Gasteiger partial charge in [-0.05, 0) is 34.2 Å².